The van der Waals surface area contributed by atoms with Crippen molar-refractivity contribution < 1.29 is 14.8 Å². The maximum absolute atomic E-state index is 10.5. The van der Waals surface area contributed by atoms with Crippen LogP contribution in [-0.2, 0) is 0 Å². The van der Waals surface area contributed by atoms with E-state index in [0.29, 0.717) is 11.5 Å². The topological polar surface area (TPSA) is 72.6 Å². The zero-order chi connectivity index (χ0) is 11.3. The molecule has 0 amide bonds. The molecule has 6 heteroatoms. The standard InChI is InChI=1S/C9H11NO4S/c1-14-8-6-7(10(12)13)2-3-9(8)15-5-4-11/h2-3,6,11H,4-5H2,1H3. The van der Waals surface area contributed by atoms with E-state index >= 15 is 0 Å². The zero-order valence-corrected chi connectivity index (χ0v) is 8.99. The molecular formula is C9H11NO4S. The fourth-order valence-corrected chi connectivity index (χ4v) is 1.80. The normalized spacial score (nSPS) is 10.0. The van der Waals surface area contributed by atoms with Gasteiger partial charge in [-0.1, -0.05) is 0 Å². The van der Waals surface area contributed by atoms with Crippen LogP contribution in [0.25, 0.3) is 0 Å². The minimum atomic E-state index is -0.469. The summed E-state index contributed by atoms with van der Waals surface area (Å²) in [4.78, 5) is 10.8. The van der Waals surface area contributed by atoms with Crippen molar-refractivity contribution in [2.24, 2.45) is 0 Å². The smallest absolute Gasteiger partial charge is 0.273 e. The van der Waals surface area contributed by atoms with Crippen LogP contribution < -0.4 is 4.74 Å². The van der Waals surface area contributed by atoms with Crippen LogP contribution in [0.3, 0.4) is 0 Å². The first-order chi connectivity index (χ1) is 7.19. The summed E-state index contributed by atoms with van der Waals surface area (Å²) in [5, 5.41) is 19.2. The molecule has 15 heavy (non-hydrogen) atoms. The van der Waals surface area contributed by atoms with E-state index in [-0.39, 0.29) is 12.3 Å². The van der Waals surface area contributed by atoms with Crippen LogP contribution in [-0.4, -0.2) is 29.5 Å². The van der Waals surface area contributed by atoms with Gasteiger partial charge in [0.05, 0.1) is 24.7 Å². The molecule has 1 aromatic carbocycles. The number of thioether (sulfide) groups is 1. The van der Waals surface area contributed by atoms with E-state index in [1.807, 2.05) is 0 Å². The molecule has 0 saturated heterocycles. The van der Waals surface area contributed by atoms with Gasteiger partial charge in [-0.05, 0) is 6.07 Å². The molecule has 1 N–H and O–H groups in total. The number of methoxy groups -OCH3 is 1. The number of hydrogen-bond donors (Lipinski definition) is 1. The SMILES string of the molecule is COc1cc([N+](=O)[O-])ccc1SCCO. The average molecular weight is 229 g/mol. The lowest BCUT2D eigenvalue weighted by Gasteiger charge is -2.06. The highest BCUT2D eigenvalue weighted by atomic mass is 32.2. The first-order valence-corrected chi connectivity index (χ1v) is 5.23. The lowest BCUT2D eigenvalue weighted by Crippen LogP contribution is -1.93. The van der Waals surface area contributed by atoms with Crippen molar-refractivity contribution in [3.05, 3.63) is 28.3 Å². The van der Waals surface area contributed by atoms with Gasteiger partial charge >= 0.3 is 0 Å². The second-order valence-corrected chi connectivity index (χ2v) is 3.80. The van der Waals surface area contributed by atoms with E-state index in [1.54, 1.807) is 6.07 Å². The largest absolute Gasteiger partial charge is 0.495 e. The molecule has 0 aliphatic rings. The molecule has 0 aliphatic heterocycles. The molecule has 0 spiro atoms. The van der Waals surface area contributed by atoms with Gasteiger partial charge in [0, 0.05) is 16.7 Å². The Hall–Kier alpha value is -1.27. The van der Waals surface area contributed by atoms with Crippen molar-refractivity contribution in [2.75, 3.05) is 19.5 Å². The predicted octanol–water partition coefficient (Wildman–Crippen LogP) is 1.69. The summed E-state index contributed by atoms with van der Waals surface area (Å²) in [6, 6.07) is 4.42. The number of benzene rings is 1. The number of rotatable bonds is 5. The van der Waals surface area contributed by atoms with Gasteiger partial charge in [0.25, 0.3) is 5.69 Å². The summed E-state index contributed by atoms with van der Waals surface area (Å²) in [7, 11) is 1.46. The fourth-order valence-electron chi connectivity index (χ4n) is 1.04. The number of non-ortho nitro benzene ring substituents is 1. The van der Waals surface area contributed by atoms with Crippen molar-refractivity contribution >= 4 is 17.4 Å². The van der Waals surface area contributed by atoms with E-state index in [2.05, 4.69) is 0 Å². The molecule has 0 aromatic heterocycles. The summed E-state index contributed by atoms with van der Waals surface area (Å²) in [6.07, 6.45) is 0. The van der Waals surface area contributed by atoms with Crippen LogP contribution in [0.2, 0.25) is 0 Å². The molecule has 0 saturated carbocycles. The number of aliphatic hydroxyl groups is 1. The van der Waals surface area contributed by atoms with Crippen LogP contribution in [0.4, 0.5) is 5.69 Å². The Morgan fingerprint density at radius 2 is 2.33 bits per heavy atom. The van der Waals surface area contributed by atoms with Gasteiger partial charge in [0.15, 0.2) is 0 Å². The number of nitro groups is 1. The fraction of sp³-hybridized carbons (Fsp3) is 0.333. The summed E-state index contributed by atoms with van der Waals surface area (Å²) in [6.45, 7) is 0.0603. The monoisotopic (exact) mass is 229 g/mol. The second-order valence-electron chi connectivity index (χ2n) is 2.66. The lowest BCUT2D eigenvalue weighted by atomic mass is 10.3. The van der Waals surface area contributed by atoms with Crippen molar-refractivity contribution in [3.8, 4) is 5.75 Å². The Bertz CT molecular complexity index is 356. The van der Waals surface area contributed by atoms with E-state index < -0.39 is 4.92 Å². The molecule has 0 unspecified atom stereocenters. The number of nitro benzene ring substituents is 1. The summed E-state index contributed by atoms with van der Waals surface area (Å²) < 4.78 is 5.03. The molecule has 1 rings (SSSR count). The summed E-state index contributed by atoms with van der Waals surface area (Å²) in [5.41, 5.74) is 0.000184. The lowest BCUT2D eigenvalue weighted by molar-refractivity contribution is -0.385. The van der Waals surface area contributed by atoms with Crippen LogP contribution in [0.5, 0.6) is 5.75 Å². The van der Waals surface area contributed by atoms with E-state index in [9.17, 15) is 10.1 Å². The molecule has 82 valence electrons. The molecule has 0 radical (unpaired) electrons. The average Bonchev–Trinajstić information content (AvgIpc) is 2.25. The van der Waals surface area contributed by atoms with E-state index in [1.165, 1.54) is 31.0 Å². The number of nitrogens with zero attached hydrogens (tertiary/aromatic N) is 1. The molecule has 0 heterocycles. The molecular weight excluding hydrogens is 218 g/mol. The van der Waals surface area contributed by atoms with Crippen LogP contribution in [0, 0.1) is 10.1 Å². The Morgan fingerprint density at radius 3 is 2.87 bits per heavy atom. The van der Waals surface area contributed by atoms with E-state index in [4.69, 9.17) is 9.84 Å². The summed E-state index contributed by atoms with van der Waals surface area (Å²) in [5.74, 6) is 0.997. The number of aliphatic hydroxyl groups excluding tert-OH is 1. The van der Waals surface area contributed by atoms with Gasteiger partial charge in [-0.3, -0.25) is 10.1 Å². The van der Waals surface area contributed by atoms with Gasteiger partial charge in [0.1, 0.15) is 5.75 Å². The third-order valence-electron chi connectivity index (χ3n) is 1.71. The van der Waals surface area contributed by atoms with Gasteiger partial charge in [-0.25, -0.2) is 0 Å². The molecule has 5 nitrogen and oxygen atoms in total. The first kappa shape index (κ1) is 11.8. The molecule has 0 atom stereocenters. The van der Waals surface area contributed by atoms with Gasteiger partial charge in [-0.15, -0.1) is 11.8 Å². The molecule has 0 aliphatic carbocycles. The van der Waals surface area contributed by atoms with Gasteiger partial charge < -0.3 is 9.84 Å². The van der Waals surface area contributed by atoms with Crippen molar-refractivity contribution in [1.29, 1.82) is 0 Å². The van der Waals surface area contributed by atoms with Crippen LogP contribution >= 0.6 is 11.8 Å². The maximum atomic E-state index is 10.5. The third kappa shape index (κ3) is 3.10. The van der Waals surface area contributed by atoms with E-state index in [0.717, 1.165) is 4.90 Å². The molecule has 1 aromatic rings. The highest BCUT2D eigenvalue weighted by Gasteiger charge is 2.11. The Labute approximate surface area is 91.2 Å². The molecule has 0 fully saturated rings. The van der Waals surface area contributed by atoms with Crippen molar-refractivity contribution in [3.63, 3.8) is 0 Å². The van der Waals surface area contributed by atoms with Gasteiger partial charge in [-0.2, -0.15) is 0 Å². The second kappa shape index (κ2) is 5.57. The minimum Gasteiger partial charge on any atom is -0.495 e. The van der Waals surface area contributed by atoms with Gasteiger partial charge in [0.2, 0.25) is 0 Å². The maximum Gasteiger partial charge on any atom is 0.273 e. The quantitative estimate of drug-likeness (QED) is 0.472. The Balaban J connectivity index is 2.93. The molecule has 0 bridgehead atoms. The Kier molecular flexibility index (Phi) is 4.38. The highest BCUT2D eigenvalue weighted by Crippen LogP contribution is 2.32. The highest BCUT2D eigenvalue weighted by molar-refractivity contribution is 7.99. The Morgan fingerprint density at radius 1 is 1.60 bits per heavy atom. The number of ether oxygens (including phenoxy) is 1. The number of hydrogen-bond acceptors (Lipinski definition) is 5. The summed E-state index contributed by atoms with van der Waals surface area (Å²) >= 11 is 1.39. The van der Waals surface area contributed by atoms with Crippen molar-refractivity contribution in [2.45, 2.75) is 4.90 Å². The van der Waals surface area contributed by atoms with Crippen LogP contribution in [0.1, 0.15) is 0 Å². The minimum absolute atomic E-state index is 0.000184. The predicted molar refractivity (Wildman–Crippen MR) is 57.5 cm³/mol. The van der Waals surface area contributed by atoms with Crippen molar-refractivity contribution in [1.82, 2.24) is 0 Å². The zero-order valence-electron chi connectivity index (χ0n) is 8.17. The van der Waals surface area contributed by atoms with Crippen LogP contribution in [0.15, 0.2) is 23.1 Å². The first-order valence-electron chi connectivity index (χ1n) is 4.25. The third-order valence-corrected chi connectivity index (χ3v) is 2.74.